The fourth-order valence-electron chi connectivity index (χ4n) is 4.64. The van der Waals surface area contributed by atoms with Crippen LogP contribution in [0.15, 0.2) is 55.2 Å². The average Bonchev–Trinajstić information content (AvgIpc) is 3.55. The number of benzene rings is 1. The zero-order valence-electron chi connectivity index (χ0n) is 20.8. The van der Waals surface area contributed by atoms with Gasteiger partial charge in [-0.3, -0.25) is 9.67 Å². The van der Waals surface area contributed by atoms with Gasteiger partial charge in [0.15, 0.2) is 5.69 Å². The van der Waals surface area contributed by atoms with Crippen LogP contribution in [0, 0.1) is 0 Å². The molecule has 0 N–H and O–H groups in total. The summed E-state index contributed by atoms with van der Waals surface area (Å²) in [7, 11) is 1.59. The van der Waals surface area contributed by atoms with E-state index in [1.807, 2.05) is 22.9 Å². The number of fused-ring (bicyclic) bond motifs is 1. The van der Waals surface area contributed by atoms with Gasteiger partial charge in [0.2, 0.25) is 5.88 Å². The van der Waals surface area contributed by atoms with E-state index in [0.29, 0.717) is 30.5 Å². The maximum Gasteiger partial charge on any atom is 0.434 e. The number of aryl methyl sites for hydroxylation is 1. The van der Waals surface area contributed by atoms with E-state index in [2.05, 4.69) is 25.0 Å². The maximum atomic E-state index is 13.2. The molecule has 0 spiro atoms. The van der Waals surface area contributed by atoms with Crippen molar-refractivity contribution in [2.75, 3.05) is 7.11 Å². The Balaban J connectivity index is 1.31. The van der Waals surface area contributed by atoms with E-state index in [1.165, 1.54) is 10.9 Å². The fraction of sp³-hybridized carbons (Fsp3) is 0.296. The molecule has 1 aliphatic carbocycles. The Morgan fingerprint density at radius 2 is 1.84 bits per heavy atom. The van der Waals surface area contributed by atoms with Gasteiger partial charge in [0.05, 0.1) is 42.3 Å². The number of hydrogen-bond acceptors (Lipinski definition) is 6. The van der Waals surface area contributed by atoms with Crippen LogP contribution in [0.4, 0.5) is 13.2 Å². The van der Waals surface area contributed by atoms with Crippen LogP contribution in [0.2, 0.25) is 0 Å². The summed E-state index contributed by atoms with van der Waals surface area (Å²) in [6.45, 7) is 2.65. The van der Waals surface area contributed by atoms with Crippen LogP contribution in [0.3, 0.4) is 0 Å². The van der Waals surface area contributed by atoms with Crippen molar-refractivity contribution in [3.8, 4) is 28.5 Å². The summed E-state index contributed by atoms with van der Waals surface area (Å²) in [5, 5.41) is 5.44. The highest BCUT2D eigenvalue weighted by molar-refractivity contribution is 5.83. The van der Waals surface area contributed by atoms with Gasteiger partial charge in [-0.15, -0.1) is 0 Å². The fourth-order valence-corrected chi connectivity index (χ4v) is 4.64. The number of rotatable bonds is 7. The highest BCUT2D eigenvalue weighted by Gasteiger charge is 2.35. The van der Waals surface area contributed by atoms with Crippen molar-refractivity contribution < 1.29 is 17.9 Å². The number of nitrogens with zero attached hydrogens (tertiary/aromatic N) is 7. The molecule has 0 amide bonds. The van der Waals surface area contributed by atoms with Crippen molar-refractivity contribution in [1.82, 2.24) is 34.3 Å². The van der Waals surface area contributed by atoms with Gasteiger partial charge in [0.1, 0.15) is 12.2 Å². The molecule has 5 aromatic rings. The lowest BCUT2D eigenvalue weighted by Crippen LogP contribution is -2.05. The maximum absolute atomic E-state index is 13.2. The predicted molar refractivity (Wildman–Crippen MR) is 135 cm³/mol. The van der Waals surface area contributed by atoms with Crippen LogP contribution >= 0.6 is 0 Å². The van der Waals surface area contributed by atoms with Crippen molar-refractivity contribution in [3.63, 3.8) is 0 Å². The first kappa shape index (κ1) is 24.1. The van der Waals surface area contributed by atoms with E-state index in [9.17, 15) is 13.2 Å². The van der Waals surface area contributed by atoms with Gasteiger partial charge in [-0.05, 0) is 31.4 Å². The third-order valence-corrected chi connectivity index (χ3v) is 6.73. The molecule has 4 aromatic heterocycles. The molecule has 0 bridgehead atoms. The predicted octanol–water partition coefficient (Wildman–Crippen LogP) is 5.72. The lowest BCUT2D eigenvalue weighted by atomic mass is 10.1. The van der Waals surface area contributed by atoms with Crippen LogP contribution < -0.4 is 4.74 Å². The summed E-state index contributed by atoms with van der Waals surface area (Å²) in [6.07, 6.45) is 3.80. The Morgan fingerprint density at radius 3 is 2.53 bits per heavy atom. The number of ether oxygens (including phenoxy) is 1. The molecule has 1 saturated carbocycles. The van der Waals surface area contributed by atoms with Crippen LogP contribution in [-0.4, -0.2) is 41.4 Å². The SMILES string of the molecule is CCn1cc(C(F)(F)F)nc1-c1ccc(Cn2ncc3cnc(-c4c(OC)ncnc4C4CC4)cc32)cc1. The summed E-state index contributed by atoms with van der Waals surface area (Å²) in [6, 6.07) is 9.31. The Kier molecular flexibility index (Phi) is 5.85. The molecule has 0 atom stereocenters. The van der Waals surface area contributed by atoms with E-state index in [-0.39, 0.29) is 5.82 Å². The van der Waals surface area contributed by atoms with Crippen molar-refractivity contribution in [1.29, 1.82) is 0 Å². The van der Waals surface area contributed by atoms with Crippen molar-refractivity contribution in [2.45, 2.75) is 44.9 Å². The molecule has 8 nitrogen and oxygen atoms in total. The Hall–Kier alpha value is -4.28. The minimum atomic E-state index is -4.49. The molecule has 0 radical (unpaired) electrons. The normalized spacial score (nSPS) is 13.8. The van der Waals surface area contributed by atoms with Crippen molar-refractivity contribution >= 4 is 10.9 Å². The van der Waals surface area contributed by atoms with Gasteiger partial charge in [0, 0.05) is 35.8 Å². The number of aromatic nitrogens is 7. The zero-order valence-corrected chi connectivity index (χ0v) is 20.8. The number of imidazole rings is 1. The topological polar surface area (TPSA) is 83.5 Å². The van der Waals surface area contributed by atoms with E-state index in [1.54, 1.807) is 38.6 Å². The quantitative estimate of drug-likeness (QED) is 0.273. The van der Waals surface area contributed by atoms with Crippen LogP contribution in [0.5, 0.6) is 5.88 Å². The van der Waals surface area contributed by atoms with E-state index >= 15 is 0 Å². The summed E-state index contributed by atoms with van der Waals surface area (Å²) in [5.41, 5.74) is 4.04. The number of halogens is 3. The summed E-state index contributed by atoms with van der Waals surface area (Å²) in [5.74, 6) is 1.17. The first-order valence-corrected chi connectivity index (χ1v) is 12.3. The Morgan fingerprint density at radius 1 is 1.05 bits per heavy atom. The second kappa shape index (κ2) is 9.23. The lowest BCUT2D eigenvalue weighted by molar-refractivity contribution is -0.140. The third-order valence-electron chi connectivity index (χ3n) is 6.73. The van der Waals surface area contributed by atoms with Gasteiger partial charge in [0.25, 0.3) is 0 Å². The number of alkyl halides is 3. The molecule has 1 aromatic carbocycles. The molecule has 0 saturated heterocycles. The highest BCUT2D eigenvalue weighted by atomic mass is 19.4. The molecule has 0 aliphatic heterocycles. The minimum absolute atomic E-state index is 0.289. The highest BCUT2D eigenvalue weighted by Crippen LogP contribution is 2.45. The smallest absolute Gasteiger partial charge is 0.434 e. The molecule has 0 unspecified atom stereocenters. The Bertz CT molecular complexity index is 1620. The molecular formula is C27H24F3N7O. The molecule has 4 heterocycles. The molecule has 1 aliphatic rings. The second-order valence-electron chi connectivity index (χ2n) is 9.28. The molecular weight excluding hydrogens is 495 g/mol. The molecule has 38 heavy (non-hydrogen) atoms. The standard InChI is InChI=1S/C27H24F3N7O/c1-3-36-14-22(27(28,29)30)35-25(36)18-6-4-16(5-7-18)13-37-21-10-20(31-11-19(21)12-34-37)23-24(17-8-9-17)32-15-33-26(23)38-2/h4-7,10-12,14-15,17H,3,8-9,13H2,1-2H3. The lowest BCUT2D eigenvalue weighted by Gasteiger charge is -2.12. The number of hydrogen-bond donors (Lipinski definition) is 0. The van der Waals surface area contributed by atoms with Gasteiger partial charge in [-0.2, -0.15) is 18.3 Å². The van der Waals surface area contributed by atoms with Gasteiger partial charge >= 0.3 is 6.18 Å². The molecule has 194 valence electrons. The molecule has 1 fully saturated rings. The van der Waals surface area contributed by atoms with Gasteiger partial charge in [-0.1, -0.05) is 24.3 Å². The first-order chi connectivity index (χ1) is 18.4. The zero-order chi connectivity index (χ0) is 26.4. The summed E-state index contributed by atoms with van der Waals surface area (Å²) >= 11 is 0. The number of pyridine rings is 1. The van der Waals surface area contributed by atoms with Crippen LogP contribution in [0.25, 0.3) is 33.5 Å². The van der Waals surface area contributed by atoms with E-state index in [4.69, 9.17) is 4.74 Å². The summed E-state index contributed by atoms with van der Waals surface area (Å²) in [4.78, 5) is 17.3. The second-order valence-corrected chi connectivity index (χ2v) is 9.28. The minimum Gasteiger partial charge on any atom is -0.480 e. The van der Waals surface area contributed by atoms with Crippen molar-refractivity contribution in [3.05, 3.63) is 72.2 Å². The van der Waals surface area contributed by atoms with Gasteiger partial charge in [-0.25, -0.2) is 15.0 Å². The van der Waals surface area contributed by atoms with Crippen LogP contribution in [0.1, 0.15) is 42.6 Å². The first-order valence-electron chi connectivity index (χ1n) is 12.3. The average molecular weight is 520 g/mol. The Labute approximate surface area is 216 Å². The molecule has 11 heteroatoms. The number of methoxy groups -OCH3 is 1. The van der Waals surface area contributed by atoms with Crippen LogP contribution in [-0.2, 0) is 19.3 Å². The summed E-state index contributed by atoms with van der Waals surface area (Å²) < 4.78 is 48.4. The largest absolute Gasteiger partial charge is 0.480 e. The van der Waals surface area contributed by atoms with E-state index < -0.39 is 11.9 Å². The van der Waals surface area contributed by atoms with Gasteiger partial charge < -0.3 is 9.30 Å². The van der Waals surface area contributed by atoms with E-state index in [0.717, 1.165) is 52.5 Å². The third kappa shape index (κ3) is 4.37. The van der Waals surface area contributed by atoms with Crippen molar-refractivity contribution in [2.24, 2.45) is 0 Å². The monoisotopic (exact) mass is 519 g/mol. The molecule has 6 rings (SSSR count).